The molecule has 7 heteroatoms. The lowest BCUT2D eigenvalue weighted by Crippen LogP contribution is -2.25. The van der Waals surface area contributed by atoms with Crippen LogP contribution in [0.2, 0.25) is 10.0 Å². The van der Waals surface area contributed by atoms with E-state index in [1.165, 1.54) is 6.21 Å². The predicted molar refractivity (Wildman–Crippen MR) is 122 cm³/mol. The minimum atomic E-state index is -0.274. The van der Waals surface area contributed by atoms with Crippen LogP contribution in [0, 0.1) is 0 Å². The third kappa shape index (κ3) is 4.64. The van der Waals surface area contributed by atoms with E-state index in [9.17, 15) is 4.79 Å². The van der Waals surface area contributed by atoms with E-state index in [4.69, 9.17) is 27.6 Å². The molecule has 0 aliphatic rings. The van der Waals surface area contributed by atoms with E-state index in [1.54, 1.807) is 24.3 Å². The Morgan fingerprint density at radius 3 is 2.67 bits per heavy atom. The lowest BCUT2D eigenvalue weighted by atomic mass is 10.1. The van der Waals surface area contributed by atoms with Gasteiger partial charge in [-0.2, -0.15) is 5.10 Å². The molecule has 1 amide bonds. The lowest BCUT2D eigenvalue weighted by Gasteiger charge is -2.06. The summed E-state index contributed by atoms with van der Waals surface area (Å²) in [6.45, 7) is 0.0945. The highest BCUT2D eigenvalue weighted by Crippen LogP contribution is 2.34. The number of fused-ring (bicyclic) bond motifs is 1. The minimum Gasteiger partial charge on any atom is -0.455 e. The maximum atomic E-state index is 12.0. The molecule has 0 unspecified atom stereocenters. The zero-order valence-corrected chi connectivity index (χ0v) is 17.2. The zero-order valence-electron chi connectivity index (χ0n) is 15.7. The molecule has 0 aliphatic heterocycles. The van der Waals surface area contributed by atoms with Gasteiger partial charge in [0, 0.05) is 11.3 Å². The molecule has 4 rings (SSSR count). The largest absolute Gasteiger partial charge is 0.455 e. The van der Waals surface area contributed by atoms with Gasteiger partial charge in [0.1, 0.15) is 11.5 Å². The Labute approximate surface area is 183 Å². The fraction of sp³-hybridized carbons (Fsp3) is 0.0435. The minimum absolute atomic E-state index is 0.0945. The number of hydrogen-bond donors (Lipinski definition) is 2. The Balaban J connectivity index is 1.32. The van der Waals surface area contributed by atoms with Crippen LogP contribution in [0.25, 0.3) is 22.1 Å². The van der Waals surface area contributed by atoms with Crippen LogP contribution in [0.1, 0.15) is 5.76 Å². The molecule has 3 aromatic carbocycles. The lowest BCUT2D eigenvalue weighted by molar-refractivity contribution is -0.119. The van der Waals surface area contributed by atoms with E-state index < -0.39 is 0 Å². The molecule has 5 nitrogen and oxygen atoms in total. The highest BCUT2D eigenvalue weighted by atomic mass is 35.5. The van der Waals surface area contributed by atoms with Crippen LogP contribution in [-0.4, -0.2) is 18.7 Å². The van der Waals surface area contributed by atoms with Gasteiger partial charge in [-0.25, -0.2) is 5.43 Å². The van der Waals surface area contributed by atoms with Crippen LogP contribution in [0.3, 0.4) is 0 Å². The van der Waals surface area contributed by atoms with Crippen LogP contribution in [-0.2, 0) is 4.79 Å². The predicted octanol–water partition coefficient (Wildman–Crippen LogP) is 5.97. The van der Waals surface area contributed by atoms with E-state index in [0.717, 1.165) is 16.5 Å². The molecule has 0 saturated carbocycles. The number of nitrogens with one attached hydrogen (secondary N) is 2. The molecule has 0 spiro atoms. The second-order valence-electron chi connectivity index (χ2n) is 6.51. The van der Waals surface area contributed by atoms with Crippen molar-refractivity contribution in [3.63, 3.8) is 0 Å². The third-order valence-corrected chi connectivity index (χ3v) is 5.25. The van der Waals surface area contributed by atoms with Gasteiger partial charge in [0.15, 0.2) is 0 Å². The van der Waals surface area contributed by atoms with Gasteiger partial charge in [-0.05, 0) is 47.2 Å². The number of carbonyl (C=O) groups is 1. The summed E-state index contributed by atoms with van der Waals surface area (Å²) in [5.74, 6) is 0.765. The van der Waals surface area contributed by atoms with Gasteiger partial charge >= 0.3 is 0 Å². The van der Waals surface area contributed by atoms with Crippen molar-refractivity contribution in [3.8, 4) is 11.3 Å². The van der Waals surface area contributed by atoms with Crippen molar-refractivity contribution in [2.75, 3.05) is 11.9 Å². The number of halogens is 2. The van der Waals surface area contributed by atoms with Crippen LogP contribution in [0.5, 0.6) is 0 Å². The number of nitrogens with zero attached hydrogens (tertiary/aromatic N) is 1. The smallest absolute Gasteiger partial charge is 0.259 e. The third-order valence-electron chi connectivity index (χ3n) is 4.43. The number of amides is 1. The van der Waals surface area contributed by atoms with Gasteiger partial charge < -0.3 is 9.73 Å². The number of rotatable bonds is 6. The summed E-state index contributed by atoms with van der Waals surface area (Å²) in [5, 5.41) is 10.1. The van der Waals surface area contributed by atoms with E-state index in [1.807, 2.05) is 48.5 Å². The molecule has 150 valence electrons. The summed E-state index contributed by atoms with van der Waals surface area (Å²) in [4.78, 5) is 12.0. The topological polar surface area (TPSA) is 66.6 Å². The molecule has 0 bridgehead atoms. The number of benzene rings is 3. The summed E-state index contributed by atoms with van der Waals surface area (Å²) in [5.41, 5.74) is 4.02. The van der Waals surface area contributed by atoms with Gasteiger partial charge in [-0.1, -0.05) is 59.6 Å². The average Bonchev–Trinajstić information content (AvgIpc) is 3.22. The first kappa shape index (κ1) is 20.0. The maximum Gasteiger partial charge on any atom is 0.259 e. The van der Waals surface area contributed by atoms with Crippen molar-refractivity contribution in [3.05, 3.63) is 88.6 Å². The quantitative estimate of drug-likeness (QED) is 0.288. The van der Waals surface area contributed by atoms with Crippen molar-refractivity contribution < 1.29 is 9.21 Å². The molecule has 0 saturated heterocycles. The van der Waals surface area contributed by atoms with Crippen molar-refractivity contribution >= 4 is 51.8 Å². The Bertz CT molecular complexity index is 1230. The SMILES string of the molecule is O=C(CNc1ccc2ccccc2c1)N/N=C\c1ccc(-c2cccc(Cl)c2Cl)o1. The maximum absolute atomic E-state index is 12.0. The van der Waals surface area contributed by atoms with E-state index in [0.29, 0.717) is 27.1 Å². The normalized spacial score (nSPS) is 11.1. The Kier molecular flexibility index (Phi) is 6.02. The van der Waals surface area contributed by atoms with Crippen molar-refractivity contribution in [1.29, 1.82) is 0 Å². The zero-order chi connectivity index (χ0) is 20.9. The van der Waals surface area contributed by atoms with Crippen molar-refractivity contribution in [2.24, 2.45) is 5.10 Å². The van der Waals surface area contributed by atoms with Gasteiger partial charge in [0.25, 0.3) is 5.91 Å². The summed E-state index contributed by atoms with van der Waals surface area (Å²) >= 11 is 12.2. The second kappa shape index (κ2) is 9.03. The Morgan fingerprint density at radius 1 is 0.967 bits per heavy atom. The fourth-order valence-electron chi connectivity index (χ4n) is 2.95. The van der Waals surface area contributed by atoms with Crippen molar-refractivity contribution in [1.82, 2.24) is 5.43 Å². The molecule has 2 N–H and O–H groups in total. The van der Waals surface area contributed by atoms with Gasteiger partial charge in [-0.15, -0.1) is 0 Å². The number of anilines is 1. The Hall–Kier alpha value is -3.28. The van der Waals surface area contributed by atoms with Crippen LogP contribution in [0.15, 0.2) is 82.3 Å². The van der Waals surface area contributed by atoms with Crippen LogP contribution in [0.4, 0.5) is 5.69 Å². The van der Waals surface area contributed by atoms with Gasteiger partial charge in [-0.3, -0.25) is 4.79 Å². The molecule has 1 heterocycles. The Morgan fingerprint density at radius 2 is 1.80 bits per heavy atom. The molecule has 4 aromatic rings. The second-order valence-corrected chi connectivity index (χ2v) is 7.30. The monoisotopic (exact) mass is 437 g/mol. The summed E-state index contributed by atoms with van der Waals surface area (Å²) < 4.78 is 5.70. The number of carbonyl (C=O) groups excluding carboxylic acids is 1. The van der Waals surface area contributed by atoms with Crippen LogP contribution >= 0.6 is 23.2 Å². The summed E-state index contributed by atoms with van der Waals surface area (Å²) in [6, 6.07) is 22.8. The first-order chi connectivity index (χ1) is 14.6. The number of hydrazone groups is 1. The van der Waals surface area contributed by atoms with E-state index >= 15 is 0 Å². The molecule has 0 fully saturated rings. The highest BCUT2D eigenvalue weighted by Gasteiger charge is 2.10. The average molecular weight is 438 g/mol. The van der Waals surface area contributed by atoms with E-state index in [-0.39, 0.29) is 12.5 Å². The molecule has 0 atom stereocenters. The standard InChI is InChI=1S/C23H17Cl2N3O2/c24-20-7-3-6-19(23(20)25)21-11-10-18(30-21)13-27-28-22(29)14-26-17-9-8-15-4-1-2-5-16(15)12-17/h1-13,26H,14H2,(H,28,29)/b27-13-. The summed E-state index contributed by atoms with van der Waals surface area (Å²) in [6.07, 6.45) is 1.43. The van der Waals surface area contributed by atoms with Crippen molar-refractivity contribution in [2.45, 2.75) is 0 Å². The summed E-state index contributed by atoms with van der Waals surface area (Å²) in [7, 11) is 0. The molecule has 1 aromatic heterocycles. The molecule has 0 aliphatic carbocycles. The first-order valence-electron chi connectivity index (χ1n) is 9.19. The van der Waals surface area contributed by atoms with E-state index in [2.05, 4.69) is 15.8 Å². The number of hydrogen-bond acceptors (Lipinski definition) is 4. The molecule has 30 heavy (non-hydrogen) atoms. The molecular weight excluding hydrogens is 421 g/mol. The molecule has 0 radical (unpaired) electrons. The molecular formula is C23H17Cl2N3O2. The van der Waals surface area contributed by atoms with Gasteiger partial charge in [0.2, 0.25) is 0 Å². The number of furan rings is 1. The highest BCUT2D eigenvalue weighted by molar-refractivity contribution is 6.43. The first-order valence-corrected chi connectivity index (χ1v) is 9.94. The van der Waals surface area contributed by atoms with Crippen LogP contribution < -0.4 is 10.7 Å². The fourth-order valence-corrected chi connectivity index (χ4v) is 3.34. The van der Waals surface area contributed by atoms with Gasteiger partial charge in [0.05, 0.1) is 22.8 Å².